The summed E-state index contributed by atoms with van der Waals surface area (Å²) in [4.78, 5) is 0. The highest BCUT2D eigenvalue weighted by Crippen LogP contribution is 2.28. The van der Waals surface area contributed by atoms with Gasteiger partial charge in [0, 0.05) is 11.1 Å². The molecule has 3 N–H and O–H groups in total. The molecule has 6 nitrogen and oxygen atoms in total. The molecule has 1 fully saturated rings. The van der Waals surface area contributed by atoms with Crippen LogP contribution in [0.25, 0.3) is 0 Å². The number of aryl methyl sites for hydroxylation is 1. The number of hydrazine groups is 1. The smallest absolute Gasteiger partial charge is 0.295 e. The Labute approximate surface area is 140 Å². The van der Waals surface area contributed by atoms with Crippen molar-refractivity contribution in [1.29, 1.82) is 0 Å². The van der Waals surface area contributed by atoms with Gasteiger partial charge in [-0.05, 0) is 56.2 Å². The number of furan rings is 1. The van der Waals surface area contributed by atoms with E-state index in [1.165, 1.54) is 6.07 Å². The molecule has 1 aromatic carbocycles. The molecule has 2 heterocycles. The Morgan fingerprint density at radius 3 is 2.70 bits per heavy atom. The summed E-state index contributed by atoms with van der Waals surface area (Å²) in [6.45, 7) is 3.82. The van der Waals surface area contributed by atoms with Crippen molar-refractivity contribution in [2.45, 2.75) is 37.4 Å². The van der Waals surface area contributed by atoms with Gasteiger partial charge in [-0.1, -0.05) is 11.6 Å². The van der Waals surface area contributed by atoms with Gasteiger partial charge in [0.15, 0.2) is 0 Å². The zero-order valence-corrected chi connectivity index (χ0v) is 14.3. The SMILES string of the molecule is Cc1cc(Cl)ccc1NS(=O)(=O)c1ccc(C2CC(C)NN2)o1. The van der Waals surface area contributed by atoms with Crippen molar-refractivity contribution >= 4 is 27.3 Å². The van der Waals surface area contributed by atoms with Crippen molar-refractivity contribution in [3.05, 3.63) is 46.7 Å². The Kier molecular flexibility index (Phi) is 4.37. The number of halogens is 1. The molecule has 8 heteroatoms. The summed E-state index contributed by atoms with van der Waals surface area (Å²) < 4.78 is 33.0. The minimum atomic E-state index is -3.78. The van der Waals surface area contributed by atoms with E-state index in [1.54, 1.807) is 31.2 Å². The fourth-order valence-corrected chi connectivity index (χ4v) is 3.80. The lowest BCUT2D eigenvalue weighted by Gasteiger charge is -2.09. The molecule has 0 amide bonds. The van der Waals surface area contributed by atoms with Crippen LogP contribution in [0.5, 0.6) is 0 Å². The van der Waals surface area contributed by atoms with Gasteiger partial charge in [0.1, 0.15) is 5.76 Å². The predicted octanol–water partition coefficient (Wildman–Crippen LogP) is 2.97. The molecule has 0 aliphatic carbocycles. The van der Waals surface area contributed by atoms with E-state index < -0.39 is 10.0 Å². The topological polar surface area (TPSA) is 83.4 Å². The molecule has 23 heavy (non-hydrogen) atoms. The monoisotopic (exact) mass is 355 g/mol. The number of nitrogens with one attached hydrogen (secondary N) is 3. The summed E-state index contributed by atoms with van der Waals surface area (Å²) in [6, 6.07) is 8.38. The summed E-state index contributed by atoms with van der Waals surface area (Å²) in [5.74, 6) is 0.593. The lowest BCUT2D eigenvalue weighted by Crippen LogP contribution is -2.28. The van der Waals surface area contributed by atoms with Crippen molar-refractivity contribution in [3.8, 4) is 0 Å². The van der Waals surface area contributed by atoms with Crippen LogP contribution in [0.15, 0.2) is 39.8 Å². The molecule has 1 aliphatic rings. The first kappa shape index (κ1) is 16.3. The molecule has 0 spiro atoms. The van der Waals surface area contributed by atoms with Gasteiger partial charge in [0.2, 0.25) is 5.09 Å². The second-order valence-electron chi connectivity index (χ2n) is 5.70. The maximum atomic E-state index is 12.5. The highest BCUT2D eigenvalue weighted by atomic mass is 35.5. The van der Waals surface area contributed by atoms with Gasteiger partial charge in [-0.25, -0.2) is 5.43 Å². The number of hydrogen-bond donors (Lipinski definition) is 3. The third-order valence-electron chi connectivity index (χ3n) is 3.74. The molecule has 0 radical (unpaired) electrons. The molecule has 1 saturated heterocycles. The summed E-state index contributed by atoms with van der Waals surface area (Å²) >= 11 is 5.88. The third-order valence-corrected chi connectivity index (χ3v) is 5.21. The fraction of sp³-hybridized carbons (Fsp3) is 0.333. The van der Waals surface area contributed by atoms with Crippen LogP contribution in [0.3, 0.4) is 0 Å². The van der Waals surface area contributed by atoms with E-state index in [9.17, 15) is 8.42 Å². The number of hydrogen-bond acceptors (Lipinski definition) is 5. The first-order valence-corrected chi connectivity index (χ1v) is 9.11. The number of sulfonamides is 1. The van der Waals surface area contributed by atoms with Crippen LogP contribution in [0.1, 0.15) is 30.7 Å². The predicted molar refractivity (Wildman–Crippen MR) is 88.8 cm³/mol. The zero-order valence-electron chi connectivity index (χ0n) is 12.8. The lowest BCUT2D eigenvalue weighted by atomic mass is 10.1. The average Bonchev–Trinajstić information content (AvgIpc) is 3.10. The number of anilines is 1. The maximum Gasteiger partial charge on any atom is 0.295 e. The highest BCUT2D eigenvalue weighted by Gasteiger charge is 2.27. The van der Waals surface area contributed by atoms with Crippen LogP contribution < -0.4 is 15.6 Å². The summed E-state index contributed by atoms with van der Waals surface area (Å²) in [5, 5.41) is 0.447. The molecule has 0 saturated carbocycles. The standard InChI is InChI=1S/C15H18ClN3O3S/c1-9-7-11(16)3-4-12(9)19-23(20,21)15-6-5-14(22-15)13-8-10(2)17-18-13/h3-7,10,13,17-19H,8H2,1-2H3. The van der Waals surface area contributed by atoms with Crippen LogP contribution in [0.2, 0.25) is 5.02 Å². The van der Waals surface area contributed by atoms with Crippen LogP contribution in [0, 0.1) is 6.92 Å². The summed E-state index contributed by atoms with van der Waals surface area (Å²) in [7, 11) is -3.78. The molecule has 124 valence electrons. The first-order chi connectivity index (χ1) is 10.8. The van der Waals surface area contributed by atoms with Crippen LogP contribution >= 0.6 is 11.6 Å². The van der Waals surface area contributed by atoms with Gasteiger partial charge in [-0.3, -0.25) is 10.1 Å². The molecular formula is C15H18ClN3O3S. The Balaban J connectivity index is 1.81. The normalized spacial score (nSPS) is 21.5. The summed E-state index contributed by atoms with van der Waals surface area (Å²) in [5.41, 5.74) is 7.37. The van der Waals surface area contributed by atoms with E-state index in [0.717, 1.165) is 12.0 Å². The lowest BCUT2D eigenvalue weighted by molar-refractivity contribution is 0.374. The van der Waals surface area contributed by atoms with Crippen molar-refractivity contribution in [2.75, 3.05) is 4.72 Å². The Morgan fingerprint density at radius 1 is 1.26 bits per heavy atom. The zero-order chi connectivity index (χ0) is 16.6. The number of rotatable bonds is 4. The quantitative estimate of drug-likeness (QED) is 0.785. The molecule has 1 aliphatic heterocycles. The molecular weight excluding hydrogens is 338 g/mol. The van der Waals surface area contributed by atoms with Crippen LogP contribution in [-0.2, 0) is 10.0 Å². The second-order valence-corrected chi connectivity index (χ2v) is 7.75. The van der Waals surface area contributed by atoms with Crippen LogP contribution in [-0.4, -0.2) is 14.5 Å². The van der Waals surface area contributed by atoms with Gasteiger partial charge < -0.3 is 4.42 Å². The second kappa shape index (κ2) is 6.16. The van der Waals surface area contributed by atoms with Gasteiger partial charge in [0.25, 0.3) is 10.0 Å². The fourth-order valence-electron chi connectivity index (χ4n) is 2.50. The van der Waals surface area contributed by atoms with E-state index in [1.807, 2.05) is 6.92 Å². The molecule has 0 bridgehead atoms. The van der Waals surface area contributed by atoms with Gasteiger partial charge >= 0.3 is 0 Å². The maximum absolute atomic E-state index is 12.5. The van der Waals surface area contributed by atoms with E-state index >= 15 is 0 Å². The Bertz CT molecular complexity index is 819. The van der Waals surface area contributed by atoms with Crippen molar-refractivity contribution < 1.29 is 12.8 Å². The highest BCUT2D eigenvalue weighted by molar-refractivity contribution is 7.92. The molecule has 2 unspecified atom stereocenters. The largest absolute Gasteiger partial charge is 0.446 e. The molecule has 1 aromatic heterocycles. The van der Waals surface area contributed by atoms with E-state index in [4.69, 9.17) is 16.0 Å². The van der Waals surface area contributed by atoms with Crippen molar-refractivity contribution in [1.82, 2.24) is 10.9 Å². The van der Waals surface area contributed by atoms with E-state index in [0.29, 0.717) is 22.5 Å². The van der Waals surface area contributed by atoms with Gasteiger partial charge in [-0.2, -0.15) is 8.42 Å². The minimum Gasteiger partial charge on any atom is -0.446 e. The van der Waals surface area contributed by atoms with E-state index in [2.05, 4.69) is 15.6 Å². The molecule has 2 aromatic rings. The van der Waals surface area contributed by atoms with Crippen LogP contribution in [0.4, 0.5) is 5.69 Å². The molecule has 2 atom stereocenters. The molecule has 3 rings (SSSR count). The van der Waals surface area contributed by atoms with Crippen molar-refractivity contribution in [3.63, 3.8) is 0 Å². The number of benzene rings is 1. The van der Waals surface area contributed by atoms with Gasteiger partial charge in [0.05, 0.1) is 11.7 Å². The van der Waals surface area contributed by atoms with Crippen molar-refractivity contribution in [2.24, 2.45) is 0 Å². The van der Waals surface area contributed by atoms with E-state index in [-0.39, 0.29) is 11.1 Å². The minimum absolute atomic E-state index is 0.0359. The third kappa shape index (κ3) is 3.53. The summed E-state index contributed by atoms with van der Waals surface area (Å²) in [6.07, 6.45) is 0.830. The average molecular weight is 356 g/mol. The first-order valence-electron chi connectivity index (χ1n) is 7.25. The van der Waals surface area contributed by atoms with Gasteiger partial charge in [-0.15, -0.1) is 0 Å². The Hall–Kier alpha value is -1.54. The Morgan fingerprint density at radius 2 is 2.04 bits per heavy atom.